The lowest BCUT2D eigenvalue weighted by atomic mass is 9.85. The fourth-order valence-electron chi connectivity index (χ4n) is 1.54. The van der Waals surface area contributed by atoms with Crippen molar-refractivity contribution in [1.29, 1.82) is 0 Å². The zero-order chi connectivity index (χ0) is 11.3. The van der Waals surface area contributed by atoms with Crippen molar-refractivity contribution in [2.45, 2.75) is 27.2 Å². The molecule has 0 nitrogen and oxygen atoms in total. The van der Waals surface area contributed by atoms with E-state index in [0.29, 0.717) is 0 Å². The van der Waals surface area contributed by atoms with Crippen LogP contribution in [-0.4, -0.2) is 0 Å². The highest BCUT2D eigenvalue weighted by molar-refractivity contribution is 5.26. The lowest BCUT2D eigenvalue weighted by molar-refractivity contribution is 0.515. The Bertz CT molecular complexity index is 336. The molecule has 0 atom stereocenters. The minimum absolute atomic E-state index is 0.191. The SMILES string of the molecule is C=C/C(=C\Cc1ccccc1)C(C)(C)C. The van der Waals surface area contributed by atoms with Crippen molar-refractivity contribution < 1.29 is 0 Å². The Balaban J connectivity index is 2.76. The molecule has 0 heterocycles. The van der Waals surface area contributed by atoms with Gasteiger partial charge in [0.15, 0.2) is 0 Å². The van der Waals surface area contributed by atoms with Gasteiger partial charge in [-0.05, 0) is 23.0 Å². The van der Waals surface area contributed by atoms with Gasteiger partial charge in [0.2, 0.25) is 0 Å². The molecule has 0 amide bonds. The molecule has 0 saturated carbocycles. The van der Waals surface area contributed by atoms with Gasteiger partial charge in [-0.2, -0.15) is 0 Å². The number of allylic oxidation sites excluding steroid dienone is 3. The molecule has 0 N–H and O–H groups in total. The molecule has 15 heavy (non-hydrogen) atoms. The van der Waals surface area contributed by atoms with Crippen molar-refractivity contribution in [2.24, 2.45) is 5.41 Å². The molecule has 0 fully saturated rings. The highest BCUT2D eigenvalue weighted by Crippen LogP contribution is 2.26. The molecule has 0 saturated heterocycles. The van der Waals surface area contributed by atoms with Crippen LogP contribution in [0, 0.1) is 5.41 Å². The van der Waals surface area contributed by atoms with E-state index in [0.717, 1.165) is 6.42 Å². The quantitative estimate of drug-likeness (QED) is 0.635. The van der Waals surface area contributed by atoms with Crippen LogP contribution < -0.4 is 0 Å². The molecule has 0 radical (unpaired) electrons. The van der Waals surface area contributed by atoms with Gasteiger partial charge in [-0.1, -0.05) is 69.8 Å². The average Bonchev–Trinajstić information content (AvgIpc) is 2.18. The van der Waals surface area contributed by atoms with Gasteiger partial charge < -0.3 is 0 Å². The van der Waals surface area contributed by atoms with Gasteiger partial charge in [-0.3, -0.25) is 0 Å². The smallest absolute Gasteiger partial charge is 0.00914 e. The summed E-state index contributed by atoms with van der Waals surface area (Å²) >= 11 is 0. The number of hydrogen-bond acceptors (Lipinski definition) is 0. The summed E-state index contributed by atoms with van der Waals surface area (Å²) in [7, 11) is 0. The third-order valence-electron chi connectivity index (χ3n) is 2.49. The summed E-state index contributed by atoms with van der Waals surface area (Å²) in [5.41, 5.74) is 2.85. The lowest BCUT2D eigenvalue weighted by Gasteiger charge is -2.20. The molecule has 0 aliphatic carbocycles. The Labute approximate surface area is 93.3 Å². The molecule has 0 aromatic heterocycles. The second-order valence-electron chi connectivity index (χ2n) is 4.80. The summed E-state index contributed by atoms with van der Waals surface area (Å²) in [6, 6.07) is 10.5. The van der Waals surface area contributed by atoms with Gasteiger partial charge in [0, 0.05) is 0 Å². The Morgan fingerprint density at radius 2 is 1.80 bits per heavy atom. The molecule has 1 rings (SSSR count). The molecule has 0 aliphatic heterocycles. The predicted octanol–water partition coefficient (Wildman–Crippen LogP) is 4.39. The molecule has 0 unspecified atom stereocenters. The summed E-state index contributed by atoms with van der Waals surface area (Å²) < 4.78 is 0. The predicted molar refractivity (Wildman–Crippen MR) is 67.9 cm³/mol. The van der Waals surface area contributed by atoms with E-state index in [-0.39, 0.29) is 5.41 Å². The number of hydrogen-bond donors (Lipinski definition) is 0. The fraction of sp³-hybridized carbons (Fsp3) is 0.333. The van der Waals surface area contributed by atoms with E-state index in [9.17, 15) is 0 Å². The molecule has 0 bridgehead atoms. The Hall–Kier alpha value is -1.30. The molecule has 0 spiro atoms. The molecule has 0 heteroatoms. The van der Waals surface area contributed by atoms with E-state index in [1.54, 1.807) is 0 Å². The second kappa shape index (κ2) is 4.97. The van der Waals surface area contributed by atoms with E-state index in [4.69, 9.17) is 0 Å². The zero-order valence-electron chi connectivity index (χ0n) is 9.96. The standard InChI is InChI=1S/C15H20/c1-5-14(15(2,3)4)12-11-13-9-7-6-8-10-13/h5-10,12H,1,11H2,2-4H3/b14-12+. The van der Waals surface area contributed by atoms with Gasteiger partial charge >= 0.3 is 0 Å². The Kier molecular flexibility index (Phi) is 3.90. The highest BCUT2D eigenvalue weighted by atomic mass is 14.2. The number of benzene rings is 1. The van der Waals surface area contributed by atoms with Crippen LogP contribution in [0.1, 0.15) is 26.3 Å². The minimum Gasteiger partial charge on any atom is -0.0988 e. The summed E-state index contributed by atoms with van der Waals surface area (Å²) in [5.74, 6) is 0. The van der Waals surface area contributed by atoms with Gasteiger partial charge in [-0.25, -0.2) is 0 Å². The van der Waals surface area contributed by atoms with Crippen LogP contribution in [0.5, 0.6) is 0 Å². The maximum absolute atomic E-state index is 3.87. The second-order valence-corrected chi connectivity index (χ2v) is 4.80. The third kappa shape index (κ3) is 3.75. The molecule has 1 aromatic rings. The normalized spacial score (nSPS) is 12.6. The van der Waals surface area contributed by atoms with E-state index in [1.165, 1.54) is 11.1 Å². The van der Waals surface area contributed by atoms with Crippen LogP contribution in [-0.2, 0) is 6.42 Å². The third-order valence-corrected chi connectivity index (χ3v) is 2.49. The van der Waals surface area contributed by atoms with Crippen molar-refractivity contribution in [3.8, 4) is 0 Å². The monoisotopic (exact) mass is 200 g/mol. The first-order valence-corrected chi connectivity index (χ1v) is 5.41. The van der Waals surface area contributed by atoms with Crippen LogP contribution in [0.3, 0.4) is 0 Å². The van der Waals surface area contributed by atoms with Gasteiger partial charge in [0.1, 0.15) is 0 Å². The van der Waals surface area contributed by atoms with Crippen molar-refractivity contribution in [3.05, 3.63) is 60.2 Å². The van der Waals surface area contributed by atoms with Crippen LogP contribution in [0.4, 0.5) is 0 Å². The minimum atomic E-state index is 0.191. The molecular formula is C15H20. The van der Waals surface area contributed by atoms with Crippen LogP contribution in [0.2, 0.25) is 0 Å². The molecule has 0 aliphatic rings. The van der Waals surface area contributed by atoms with E-state index >= 15 is 0 Å². The maximum Gasteiger partial charge on any atom is -0.00914 e. The highest BCUT2D eigenvalue weighted by Gasteiger charge is 2.13. The van der Waals surface area contributed by atoms with E-state index in [1.807, 2.05) is 12.1 Å². The summed E-state index contributed by atoms with van der Waals surface area (Å²) in [6.07, 6.45) is 5.21. The average molecular weight is 200 g/mol. The topological polar surface area (TPSA) is 0 Å². The first kappa shape index (κ1) is 11.8. The summed E-state index contributed by atoms with van der Waals surface area (Å²) in [4.78, 5) is 0. The number of rotatable bonds is 3. The fourth-order valence-corrected chi connectivity index (χ4v) is 1.54. The first-order chi connectivity index (χ1) is 7.04. The van der Waals surface area contributed by atoms with Crippen LogP contribution in [0.25, 0.3) is 0 Å². The summed E-state index contributed by atoms with van der Waals surface area (Å²) in [5, 5.41) is 0. The van der Waals surface area contributed by atoms with Crippen molar-refractivity contribution in [3.63, 3.8) is 0 Å². The molecular weight excluding hydrogens is 180 g/mol. The van der Waals surface area contributed by atoms with Crippen LogP contribution >= 0.6 is 0 Å². The van der Waals surface area contributed by atoms with Crippen LogP contribution in [0.15, 0.2) is 54.6 Å². The molecule has 1 aromatic carbocycles. The van der Waals surface area contributed by atoms with Gasteiger partial charge in [-0.15, -0.1) is 0 Å². The van der Waals surface area contributed by atoms with Crippen molar-refractivity contribution >= 4 is 0 Å². The van der Waals surface area contributed by atoms with E-state index in [2.05, 4.69) is 57.7 Å². The van der Waals surface area contributed by atoms with Crippen molar-refractivity contribution in [1.82, 2.24) is 0 Å². The van der Waals surface area contributed by atoms with E-state index < -0.39 is 0 Å². The Morgan fingerprint density at radius 3 is 2.27 bits per heavy atom. The summed E-state index contributed by atoms with van der Waals surface area (Å²) in [6.45, 7) is 10.5. The maximum atomic E-state index is 3.87. The van der Waals surface area contributed by atoms with Gasteiger partial charge in [0.25, 0.3) is 0 Å². The lowest BCUT2D eigenvalue weighted by Crippen LogP contribution is -2.07. The first-order valence-electron chi connectivity index (χ1n) is 5.41. The molecule has 80 valence electrons. The van der Waals surface area contributed by atoms with Gasteiger partial charge in [0.05, 0.1) is 0 Å². The Morgan fingerprint density at radius 1 is 1.20 bits per heavy atom. The zero-order valence-corrected chi connectivity index (χ0v) is 9.96. The largest absolute Gasteiger partial charge is 0.0988 e. The van der Waals surface area contributed by atoms with Crippen molar-refractivity contribution in [2.75, 3.05) is 0 Å².